The van der Waals surface area contributed by atoms with E-state index in [0.29, 0.717) is 21.8 Å². The Bertz CT molecular complexity index is 928. The largest absolute Gasteiger partial charge is 0.485 e. The van der Waals surface area contributed by atoms with Crippen LogP contribution >= 0.6 is 12.2 Å². The van der Waals surface area contributed by atoms with Crippen molar-refractivity contribution in [2.24, 2.45) is 0 Å². The third-order valence-electron chi connectivity index (χ3n) is 4.16. The molecule has 0 bridgehead atoms. The Hall–Kier alpha value is -2.18. The van der Waals surface area contributed by atoms with E-state index in [1.165, 1.54) is 0 Å². The van der Waals surface area contributed by atoms with Gasteiger partial charge in [-0.25, -0.2) is 0 Å². The van der Waals surface area contributed by atoms with Gasteiger partial charge in [-0.2, -0.15) is 0 Å². The molecule has 0 radical (unpaired) electrons. The highest BCUT2D eigenvalue weighted by atomic mass is 32.1. The Balaban J connectivity index is 1.79. The molecule has 3 aromatic rings. The van der Waals surface area contributed by atoms with Crippen LogP contribution in [0.5, 0.6) is 5.75 Å². The first-order chi connectivity index (χ1) is 11.5. The summed E-state index contributed by atoms with van der Waals surface area (Å²) in [4.78, 5) is 0. The van der Waals surface area contributed by atoms with Gasteiger partial charge in [-0.05, 0) is 50.7 Å². The van der Waals surface area contributed by atoms with Gasteiger partial charge in [0.15, 0.2) is 10.5 Å². The summed E-state index contributed by atoms with van der Waals surface area (Å²) >= 11 is 5.25. The van der Waals surface area contributed by atoms with E-state index in [1.807, 2.05) is 45.0 Å². The molecule has 5 nitrogen and oxygen atoms in total. The Morgan fingerprint density at radius 1 is 1.21 bits per heavy atom. The monoisotopic (exact) mass is 345 g/mol. The van der Waals surface area contributed by atoms with Gasteiger partial charge in [0.1, 0.15) is 23.6 Å². The molecule has 0 N–H and O–H groups in total. The van der Waals surface area contributed by atoms with Gasteiger partial charge < -0.3 is 18.4 Å². The lowest BCUT2D eigenvalue weighted by atomic mass is 10.1. The minimum Gasteiger partial charge on any atom is -0.485 e. The third-order valence-corrected chi connectivity index (χ3v) is 4.55. The lowest BCUT2D eigenvalue weighted by Gasteiger charge is -2.08. The summed E-state index contributed by atoms with van der Waals surface area (Å²) in [7, 11) is 1.63. The maximum absolute atomic E-state index is 5.77. The van der Waals surface area contributed by atoms with E-state index in [1.54, 1.807) is 7.11 Å². The van der Waals surface area contributed by atoms with E-state index in [2.05, 4.69) is 5.16 Å². The highest BCUT2D eigenvalue weighted by Gasteiger charge is 2.12. The summed E-state index contributed by atoms with van der Waals surface area (Å²) in [6.45, 7) is 6.19. The Morgan fingerprint density at radius 2 is 2.00 bits per heavy atom. The van der Waals surface area contributed by atoms with Gasteiger partial charge in [0.05, 0.1) is 6.10 Å². The number of rotatable bonds is 5. The molecular formula is C18H19NO4S. The number of methoxy groups -OCH3 is 1. The number of fused-ring (bicyclic) bond motifs is 1. The second kappa shape index (κ2) is 6.75. The summed E-state index contributed by atoms with van der Waals surface area (Å²) in [6.07, 6.45) is -0.112. The average molecular weight is 345 g/mol. The minimum atomic E-state index is -0.112. The first-order valence-electron chi connectivity index (χ1n) is 7.64. The first kappa shape index (κ1) is 16.7. The van der Waals surface area contributed by atoms with Crippen LogP contribution in [0.15, 0.2) is 33.2 Å². The summed E-state index contributed by atoms with van der Waals surface area (Å²) in [6, 6.07) is 7.55. The van der Waals surface area contributed by atoms with Crippen LogP contribution in [0.25, 0.3) is 11.0 Å². The number of hydrogen-bond donors (Lipinski definition) is 0. The highest BCUT2D eigenvalue weighted by Crippen LogP contribution is 2.27. The maximum atomic E-state index is 5.77. The second-order valence-corrected chi connectivity index (χ2v) is 6.05. The van der Waals surface area contributed by atoms with E-state index in [4.69, 9.17) is 30.6 Å². The minimum absolute atomic E-state index is 0.112. The van der Waals surface area contributed by atoms with Crippen molar-refractivity contribution < 1.29 is 18.4 Å². The molecular weight excluding hydrogens is 326 g/mol. The number of hydrogen-bond acceptors (Lipinski definition) is 6. The van der Waals surface area contributed by atoms with Gasteiger partial charge >= 0.3 is 0 Å². The summed E-state index contributed by atoms with van der Waals surface area (Å²) < 4.78 is 22.4. The highest BCUT2D eigenvalue weighted by molar-refractivity contribution is 7.71. The smallest absolute Gasteiger partial charge is 0.193 e. The molecule has 1 atom stereocenters. The molecule has 0 aliphatic carbocycles. The Kier molecular flexibility index (Phi) is 4.69. The van der Waals surface area contributed by atoms with Crippen LogP contribution < -0.4 is 4.74 Å². The van der Waals surface area contributed by atoms with E-state index in [-0.39, 0.29) is 12.7 Å². The van der Waals surface area contributed by atoms with Crippen molar-refractivity contribution in [1.82, 2.24) is 5.16 Å². The van der Waals surface area contributed by atoms with Crippen LogP contribution in [0, 0.1) is 18.6 Å². The zero-order valence-corrected chi connectivity index (χ0v) is 14.9. The number of benzene rings is 1. The van der Waals surface area contributed by atoms with Crippen LogP contribution in [0.4, 0.5) is 0 Å². The van der Waals surface area contributed by atoms with Crippen LogP contribution in [0.2, 0.25) is 0 Å². The van der Waals surface area contributed by atoms with Crippen LogP contribution in [-0.4, -0.2) is 12.3 Å². The standard InChI is InChI=1S/C18H19NO4S/c1-10-11(2)18(24)22-17-8-13(5-6-15(10)17)21-9-14-7-16(19-23-14)12(3)20-4/h5-8,12H,9H2,1-4H3. The molecule has 1 unspecified atom stereocenters. The normalized spacial score (nSPS) is 12.5. The Labute approximate surface area is 145 Å². The van der Waals surface area contributed by atoms with Gasteiger partial charge in [-0.3, -0.25) is 0 Å². The third kappa shape index (κ3) is 3.20. The lowest BCUT2D eigenvalue weighted by Crippen LogP contribution is -1.96. The molecule has 0 aliphatic heterocycles. The fraction of sp³-hybridized carbons (Fsp3) is 0.333. The molecule has 0 spiro atoms. The molecule has 126 valence electrons. The number of nitrogens with zero attached hydrogens (tertiary/aromatic N) is 1. The van der Waals surface area contributed by atoms with Crippen molar-refractivity contribution in [1.29, 1.82) is 0 Å². The zero-order valence-electron chi connectivity index (χ0n) is 14.1. The molecule has 1 aromatic carbocycles. The zero-order chi connectivity index (χ0) is 17.3. The van der Waals surface area contributed by atoms with Gasteiger partial charge in [0, 0.05) is 30.2 Å². The topological polar surface area (TPSA) is 57.6 Å². The fourth-order valence-electron chi connectivity index (χ4n) is 2.38. The van der Waals surface area contributed by atoms with Crippen LogP contribution in [-0.2, 0) is 11.3 Å². The van der Waals surface area contributed by atoms with Gasteiger partial charge in [-0.1, -0.05) is 5.16 Å². The van der Waals surface area contributed by atoms with E-state index < -0.39 is 0 Å². The molecule has 3 rings (SSSR count). The maximum Gasteiger partial charge on any atom is 0.193 e. The number of ether oxygens (including phenoxy) is 2. The van der Waals surface area contributed by atoms with E-state index in [9.17, 15) is 0 Å². The van der Waals surface area contributed by atoms with Crippen molar-refractivity contribution >= 4 is 23.2 Å². The molecule has 24 heavy (non-hydrogen) atoms. The lowest BCUT2D eigenvalue weighted by molar-refractivity contribution is 0.112. The predicted molar refractivity (Wildman–Crippen MR) is 92.8 cm³/mol. The molecule has 0 saturated carbocycles. The fourth-order valence-corrected chi connectivity index (χ4v) is 2.62. The molecule has 2 aromatic heterocycles. The predicted octanol–water partition coefficient (Wildman–Crippen LogP) is 5.05. The molecule has 0 fully saturated rings. The molecule has 0 amide bonds. The SMILES string of the molecule is COC(C)c1cc(COc2ccc3c(C)c(C)c(=S)oc3c2)on1. The summed E-state index contributed by atoms with van der Waals surface area (Å²) in [5.41, 5.74) is 3.58. The Morgan fingerprint density at radius 3 is 2.75 bits per heavy atom. The van der Waals surface area contributed by atoms with E-state index >= 15 is 0 Å². The summed E-state index contributed by atoms with van der Waals surface area (Å²) in [5.74, 6) is 1.32. The summed E-state index contributed by atoms with van der Waals surface area (Å²) in [5, 5.41) is 5.00. The van der Waals surface area contributed by atoms with Crippen LogP contribution in [0.1, 0.15) is 35.6 Å². The number of aryl methyl sites for hydroxylation is 1. The first-order valence-corrected chi connectivity index (χ1v) is 8.05. The van der Waals surface area contributed by atoms with E-state index in [0.717, 1.165) is 22.2 Å². The van der Waals surface area contributed by atoms with Gasteiger partial charge in [0.2, 0.25) is 0 Å². The van der Waals surface area contributed by atoms with Crippen molar-refractivity contribution in [2.45, 2.75) is 33.5 Å². The van der Waals surface area contributed by atoms with Crippen molar-refractivity contribution in [3.8, 4) is 5.75 Å². The van der Waals surface area contributed by atoms with Gasteiger partial charge in [0.25, 0.3) is 0 Å². The van der Waals surface area contributed by atoms with Crippen molar-refractivity contribution in [2.75, 3.05) is 7.11 Å². The molecule has 6 heteroatoms. The second-order valence-electron chi connectivity index (χ2n) is 5.68. The quantitative estimate of drug-likeness (QED) is 0.603. The molecule has 2 heterocycles. The molecule has 0 aliphatic rings. The van der Waals surface area contributed by atoms with Gasteiger partial charge in [-0.15, -0.1) is 0 Å². The van der Waals surface area contributed by atoms with Crippen molar-refractivity contribution in [3.05, 3.63) is 51.6 Å². The molecule has 0 saturated heterocycles. The van der Waals surface area contributed by atoms with Crippen molar-refractivity contribution in [3.63, 3.8) is 0 Å². The van der Waals surface area contributed by atoms with Crippen LogP contribution in [0.3, 0.4) is 0 Å². The average Bonchev–Trinajstić information content (AvgIpc) is 3.06. The number of aromatic nitrogens is 1.